The van der Waals surface area contributed by atoms with E-state index in [9.17, 15) is 0 Å². The van der Waals surface area contributed by atoms with Gasteiger partial charge in [0.1, 0.15) is 0 Å². The minimum absolute atomic E-state index is 0.601. The number of ether oxygens (including phenoxy) is 1. The molecule has 14 heavy (non-hydrogen) atoms. The molecule has 0 atom stereocenters. The van der Waals surface area contributed by atoms with Gasteiger partial charge in [0.15, 0.2) is 0 Å². The molecular weight excluding hydrogens is 194 g/mol. The molecule has 0 bridgehead atoms. The Morgan fingerprint density at radius 3 is 2.93 bits per heavy atom. The Bertz CT molecular complexity index is 436. The zero-order valence-corrected chi connectivity index (χ0v) is 8.93. The maximum atomic E-state index is 5.67. The van der Waals surface area contributed by atoms with Crippen molar-refractivity contribution in [1.29, 1.82) is 0 Å². The van der Waals surface area contributed by atoms with Gasteiger partial charge in [0.05, 0.1) is 6.61 Å². The minimum atomic E-state index is 0.601. The summed E-state index contributed by atoms with van der Waals surface area (Å²) in [4.78, 5) is 0. The van der Waals surface area contributed by atoms with E-state index in [1.54, 1.807) is 18.4 Å². The van der Waals surface area contributed by atoms with Crippen LogP contribution in [0.2, 0.25) is 0 Å². The van der Waals surface area contributed by atoms with E-state index in [2.05, 4.69) is 23.6 Å². The van der Waals surface area contributed by atoms with Gasteiger partial charge in [-0.2, -0.15) is 0 Å². The van der Waals surface area contributed by atoms with Crippen LogP contribution in [0.3, 0.4) is 0 Å². The summed E-state index contributed by atoms with van der Waals surface area (Å²) in [5.41, 5.74) is 8.14. The minimum Gasteiger partial charge on any atom is -0.380 e. The largest absolute Gasteiger partial charge is 0.380 e. The summed E-state index contributed by atoms with van der Waals surface area (Å²) in [6.45, 7) is 1.28. The van der Waals surface area contributed by atoms with E-state index in [0.29, 0.717) is 13.2 Å². The average molecular weight is 207 g/mol. The Kier molecular flexibility index (Phi) is 2.82. The Hall–Kier alpha value is -0.900. The Morgan fingerprint density at radius 1 is 1.36 bits per heavy atom. The molecule has 3 heteroatoms. The molecule has 2 nitrogen and oxygen atoms in total. The van der Waals surface area contributed by atoms with Crippen LogP contribution in [-0.2, 0) is 17.9 Å². The van der Waals surface area contributed by atoms with Crippen LogP contribution in [-0.4, -0.2) is 7.11 Å². The lowest BCUT2D eigenvalue weighted by molar-refractivity contribution is 0.186. The van der Waals surface area contributed by atoms with Crippen molar-refractivity contribution in [2.75, 3.05) is 7.11 Å². The average Bonchev–Trinajstić information content (AvgIpc) is 2.62. The molecule has 0 aliphatic rings. The van der Waals surface area contributed by atoms with Gasteiger partial charge >= 0.3 is 0 Å². The van der Waals surface area contributed by atoms with Crippen LogP contribution >= 0.6 is 11.3 Å². The lowest BCUT2D eigenvalue weighted by atomic mass is 10.1. The van der Waals surface area contributed by atoms with Crippen molar-refractivity contribution in [3.05, 3.63) is 34.7 Å². The Morgan fingerprint density at radius 2 is 2.21 bits per heavy atom. The molecule has 1 aromatic heterocycles. The molecular formula is C11H13NOS. The van der Waals surface area contributed by atoms with Gasteiger partial charge < -0.3 is 10.5 Å². The first kappa shape index (κ1) is 9.65. The van der Waals surface area contributed by atoms with E-state index < -0.39 is 0 Å². The van der Waals surface area contributed by atoms with Gasteiger partial charge in [0, 0.05) is 18.4 Å². The highest BCUT2D eigenvalue weighted by molar-refractivity contribution is 7.17. The first-order valence-electron chi connectivity index (χ1n) is 4.53. The third-order valence-electron chi connectivity index (χ3n) is 2.28. The van der Waals surface area contributed by atoms with E-state index in [1.165, 1.54) is 21.2 Å². The fraction of sp³-hybridized carbons (Fsp3) is 0.273. The molecule has 0 saturated carbocycles. The second kappa shape index (κ2) is 4.09. The zero-order valence-electron chi connectivity index (χ0n) is 8.12. The van der Waals surface area contributed by atoms with Gasteiger partial charge in [-0.1, -0.05) is 18.2 Å². The van der Waals surface area contributed by atoms with Crippen molar-refractivity contribution in [1.82, 2.24) is 0 Å². The SMILES string of the molecule is COCc1csc2c(CN)cccc12. The first-order chi connectivity index (χ1) is 6.86. The summed E-state index contributed by atoms with van der Waals surface area (Å²) < 4.78 is 6.44. The third-order valence-corrected chi connectivity index (χ3v) is 3.40. The Labute approximate surface area is 87.3 Å². The van der Waals surface area contributed by atoms with Gasteiger partial charge in [-0.3, -0.25) is 0 Å². The van der Waals surface area contributed by atoms with Gasteiger partial charge in [0.2, 0.25) is 0 Å². The second-order valence-corrected chi connectivity index (χ2v) is 4.07. The van der Waals surface area contributed by atoms with E-state index in [-0.39, 0.29) is 0 Å². The van der Waals surface area contributed by atoms with Gasteiger partial charge in [0.25, 0.3) is 0 Å². The predicted octanol–water partition coefficient (Wildman–Crippen LogP) is 2.51. The molecule has 2 N–H and O–H groups in total. The molecule has 0 unspecified atom stereocenters. The van der Waals surface area contributed by atoms with Crippen LogP contribution in [0.1, 0.15) is 11.1 Å². The fourth-order valence-corrected chi connectivity index (χ4v) is 2.68. The third kappa shape index (κ3) is 1.54. The van der Waals surface area contributed by atoms with Crippen LogP contribution < -0.4 is 5.73 Å². The van der Waals surface area contributed by atoms with E-state index >= 15 is 0 Å². The molecule has 0 aliphatic heterocycles. The highest BCUT2D eigenvalue weighted by atomic mass is 32.1. The molecule has 1 aromatic carbocycles. The van der Waals surface area contributed by atoms with Crippen molar-refractivity contribution in [2.24, 2.45) is 5.73 Å². The molecule has 2 aromatic rings. The molecule has 0 radical (unpaired) electrons. The van der Waals surface area contributed by atoms with Crippen molar-refractivity contribution in [2.45, 2.75) is 13.2 Å². The quantitative estimate of drug-likeness (QED) is 0.839. The smallest absolute Gasteiger partial charge is 0.0727 e. The number of hydrogen-bond donors (Lipinski definition) is 1. The van der Waals surface area contributed by atoms with Crippen LogP contribution in [0.15, 0.2) is 23.6 Å². The molecule has 0 fully saturated rings. The normalized spacial score (nSPS) is 11.0. The van der Waals surface area contributed by atoms with Gasteiger partial charge in [-0.15, -0.1) is 11.3 Å². The molecule has 74 valence electrons. The summed E-state index contributed by atoms with van der Waals surface area (Å²) in [5, 5.41) is 3.42. The standard InChI is InChI=1S/C11H13NOS/c1-13-6-9-7-14-11-8(5-12)3-2-4-10(9)11/h2-4,7H,5-6,12H2,1H3. The van der Waals surface area contributed by atoms with Gasteiger partial charge in [-0.25, -0.2) is 0 Å². The molecule has 0 amide bonds. The van der Waals surface area contributed by atoms with E-state index in [4.69, 9.17) is 10.5 Å². The number of methoxy groups -OCH3 is 1. The molecule has 2 rings (SSSR count). The van der Waals surface area contributed by atoms with Crippen molar-refractivity contribution in [3.8, 4) is 0 Å². The lowest BCUT2D eigenvalue weighted by Gasteiger charge is -2.00. The summed E-state index contributed by atoms with van der Waals surface area (Å²) in [7, 11) is 1.72. The van der Waals surface area contributed by atoms with Crippen LogP contribution in [0.4, 0.5) is 0 Å². The van der Waals surface area contributed by atoms with Crippen molar-refractivity contribution < 1.29 is 4.74 Å². The summed E-state index contributed by atoms with van der Waals surface area (Å²) in [6, 6.07) is 6.26. The number of benzene rings is 1. The summed E-state index contributed by atoms with van der Waals surface area (Å²) in [5.74, 6) is 0. The molecule has 0 spiro atoms. The van der Waals surface area contributed by atoms with Crippen LogP contribution in [0.25, 0.3) is 10.1 Å². The molecule has 1 heterocycles. The molecule has 0 aliphatic carbocycles. The van der Waals surface area contributed by atoms with E-state index in [0.717, 1.165) is 0 Å². The maximum absolute atomic E-state index is 5.67. The van der Waals surface area contributed by atoms with Crippen LogP contribution in [0, 0.1) is 0 Å². The number of rotatable bonds is 3. The monoisotopic (exact) mass is 207 g/mol. The van der Waals surface area contributed by atoms with Gasteiger partial charge in [-0.05, 0) is 21.9 Å². The predicted molar refractivity (Wildman–Crippen MR) is 60.4 cm³/mol. The first-order valence-corrected chi connectivity index (χ1v) is 5.41. The number of hydrogen-bond acceptors (Lipinski definition) is 3. The van der Waals surface area contributed by atoms with E-state index in [1.807, 2.05) is 0 Å². The topological polar surface area (TPSA) is 35.2 Å². The second-order valence-electron chi connectivity index (χ2n) is 3.19. The summed E-state index contributed by atoms with van der Waals surface area (Å²) in [6.07, 6.45) is 0. The zero-order chi connectivity index (χ0) is 9.97. The Balaban J connectivity index is 2.57. The number of thiophene rings is 1. The van der Waals surface area contributed by atoms with Crippen molar-refractivity contribution in [3.63, 3.8) is 0 Å². The molecule has 0 saturated heterocycles. The maximum Gasteiger partial charge on any atom is 0.0727 e. The van der Waals surface area contributed by atoms with Crippen LogP contribution in [0.5, 0.6) is 0 Å². The summed E-state index contributed by atoms with van der Waals surface area (Å²) >= 11 is 1.75. The highest BCUT2D eigenvalue weighted by Gasteiger charge is 2.05. The lowest BCUT2D eigenvalue weighted by Crippen LogP contribution is -1.95. The van der Waals surface area contributed by atoms with Crippen molar-refractivity contribution >= 4 is 21.4 Å². The number of nitrogens with two attached hydrogens (primary N) is 1. The fourth-order valence-electron chi connectivity index (χ4n) is 1.60. The highest BCUT2D eigenvalue weighted by Crippen LogP contribution is 2.29. The number of fused-ring (bicyclic) bond motifs is 1.